The molecule has 0 saturated carbocycles. The van der Waals surface area contributed by atoms with E-state index in [1.165, 1.54) is 10.7 Å². The van der Waals surface area contributed by atoms with E-state index in [0.717, 1.165) is 32.0 Å². The first-order valence-electron chi connectivity index (χ1n) is 7.82. The van der Waals surface area contributed by atoms with Gasteiger partial charge in [0.15, 0.2) is 0 Å². The van der Waals surface area contributed by atoms with E-state index in [4.69, 9.17) is 4.98 Å². The Hall–Kier alpha value is -1.24. The molecule has 22 heavy (non-hydrogen) atoms. The van der Waals surface area contributed by atoms with Crippen molar-refractivity contribution in [2.24, 2.45) is 7.05 Å². The monoisotopic (exact) mass is 319 g/mol. The standard InChI is InChI=1S/C16H25N5S/c1-16(2,3)15-19-12(11-22-15)10-21-8-5-17-9-13(21)14-18-6-7-20(14)4/h6-7,11,13,17H,5,8-10H2,1-4H3. The van der Waals surface area contributed by atoms with Crippen LogP contribution in [0.15, 0.2) is 17.8 Å². The lowest BCUT2D eigenvalue weighted by Gasteiger charge is -2.35. The zero-order valence-corrected chi connectivity index (χ0v) is 14.7. The van der Waals surface area contributed by atoms with Crippen molar-refractivity contribution < 1.29 is 0 Å². The van der Waals surface area contributed by atoms with Crippen molar-refractivity contribution in [1.29, 1.82) is 0 Å². The number of imidazole rings is 1. The highest BCUT2D eigenvalue weighted by Gasteiger charge is 2.27. The Morgan fingerprint density at radius 2 is 2.23 bits per heavy atom. The summed E-state index contributed by atoms with van der Waals surface area (Å²) in [6, 6.07) is 0.313. The zero-order valence-electron chi connectivity index (χ0n) is 13.8. The maximum Gasteiger partial charge on any atom is 0.127 e. The van der Waals surface area contributed by atoms with Crippen molar-refractivity contribution in [3.05, 3.63) is 34.3 Å². The van der Waals surface area contributed by atoms with Crippen molar-refractivity contribution in [2.75, 3.05) is 19.6 Å². The van der Waals surface area contributed by atoms with Crippen LogP contribution in [-0.4, -0.2) is 39.1 Å². The van der Waals surface area contributed by atoms with Crippen molar-refractivity contribution in [3.8, 4) is 0 Å². The predicted molar refractivity (Wildman–Crippen MR) is 90.0 cm³/mol. The molecule has 0 aliphatic carbocycles. The van der Waals surface area contributed by atoms with Gasteiger partial charge in [-0.25, -0.2) is 9.97 Å². The van der Waals surface area contributed by atoms with Crippen LogP contribution in [0.25, 0.3) is 0 Å². The van der Waals surface area contributed by atoms with Gasteiger partial charge in [-0.3, -0.25) is 4.90 Å². The van der Waals surface area contributed by atoms with Gasteiger partial charge < -0.3 is 9.88 Å². The second-order valence-electron chi connectivity index (χ2n) is 6.98. The summed E-state index contributed by atoms with van der Waals surface area (Å²) in [6.45, 7) is 10.6. The number of hydrogen-bond donors (Lipinski definition) is 1. The van der Waals surface area contributed by atoms with E-state index in [9.17, 15) is 0 Å². The van der Waals surface area contributed by atoms with Crippen molar-refractivity contribution in [2.45, 2.75) is 38.8 Å². The Morgan fingerprint density at radius 1 is 1.41 bits per heavy atom. The molecule has 3 rings (SSSR count). The molecule has 1 saturated heterocycles. The fourth-order valence-electron chi connectivity index (χ4n) is 2.82. The molecule has 0 aromatic carbocycles. The van der Waals surface area contributed by atoms with E-state index in [2.05, 4.69) is 53.0 Å². The lowest BCUT2D eigenvalue weighted by Crippen LogP contribution is -2.46. The Morgan fingerprint density at radius 3 is 2.86 bits per heavy atom. The molecule has 6 heteroatoms. The quantitative estimate of drug-likeness (QED) is 0.943. The van der Waals surface area contributed by atoms with Gasteiger partial charge in [-0.15, -0.1) is 11.3 Å². The number of aromatic nitrogens is 3. The average molecular weight is 319 g/mol. The van der Waals surface area contributed by atoms with Gasteiger partial charge in [-0.1, -0.05) is 20.8 Å². The average Bonchev–Trinajstić information content (AvgIpc) is 3.08. The number of nitrogens with one attached hydrogen (secondary N) is 1. The highest BCUT2D eigenvalue weighted by molar-refractivity contribution is 7.09. The molecule has 3 heterocycles. The predicted octanol–water partition coefficient (Wildman–Crippen LogP) is 2.32. The Kier molecular flexibility index (Phi) is 4.34. The van der Waals surface area contributed by atoms with Gasteiger partial charge in [0, 0.05) is 56.4 Å². The fraction of sp³-hybridized carbons (Fsp3) is 0.625. The van der Waals surface area contributed by atoms with Gasteiger partial charge in [0.2, 0.25) is 0 Å². The summed E-state index contributed by atoms with van der Waals surface area (Å²) in [6.07, 6.45) is 3.89. The number of nitrogens with zero attached hydrogens (tertiary/aromatic N) is 4. The largest absolute Gasteiger partial charge is 0.337 e. The van der Waals surface area contributed by atoms with Crippen molar-refractivity contribution in [1.82, 2.24) is 24.8 Å². The van der Waals surface area contributed by atoms with Crippen molar-refractivity contribution >= 4 is 11.3 Å². The third-order valence-electron chi connectivity index (χ3n) is 4.07. The number of aryl methyl sites for hydroxylation is 1. The molecular formula is C16H25N5S. The molecule has 0 spiro atoms. The third-order valence-corrected chi connectivity index (χ3v) is 5.39. The molecule has 2 aromatic rings. The Balaban J connectivity index is 1.77. The first-order chi connectivity index (χ1) is 10.4. The molecule has 0 bridgehead atoms. The van der Waals surface area contributed by atoms with E-state index in [1.807, 2.05) is 12.4 Å². The molecule has 0 amide bonds. The Bertz CT molecular complexity index is 625. The molecule has 0 radical (unpaired) electrons. The summed E-state index contributed by atoms with van der Waals surface area (Å²) in [5.41, 5.74) is 1.31. The van der Waals surface area contributed by atoms with Gasteiger partial charge in [-0.2, -0.15) is 0 Å². The molecular weight excluding hydrogens is 294 g/mol. The zero-order chi connectivity index (χ0) is 15.7. The second-order valence-corrected chi connectivity index (χ2v) is 7.84. The van der Waals surface area contributed by atoms with E-state index in [0.29, 0.717) is 6.04 Å². The lowest BCUT2D eigenvalue weighted by atomic mass is 9.98. The first kappa shape index (κ1) is 15.6. The molecule has 5 nitrogen and oxygen atoms in total. The molecule has 1 fully saturated rings. The summed E-state index contributed by atoms with van der Waals surface area (Å²) in [5.74, 6) is 1.12. The van der Waals surface area contributed by atoms with Crippen molar-refractivity contribution in [3.63, 3.8) is 0 Å². The molecule has 120 valence electrons. The van der Waals surface area contributed by atoms with Crippen LogP contribution in [0.3, 0.4) is 0 Å². The molecule has 1 atom stereocenters. The fourth-order valence-corrected chi connectivity index (χ4v) is 3.72. The van der Waals surface area contributed by atoms with E-state index < -0.39 is 0 Å². The summed E-state index contributed by atoms with van der Waals surface area (Å²) < 4.78 is 2.12. The summed E-state index contributed by atoms with van der Waals surface area (Å²) >= 11 is 1.77. The van der Waals surface area contributed by atoms with Gasteiger partial charge in [0.05, 0.1) is 16.7 Å². The van der Waals surface area contributed by atoms with Gasteiger partial charge in [-0.05, 0) is 0 Å². The number of thiazole rings is 1. The SMILES string of the molecule is Cn1ccnc1C1CNCCN1Cc1csc(C(C)(C)C)n1. The molecule has 1 unspecified atom stereocenters. The van der Waals surface area contributed by atoms with Crippen LogP contribution in [0.2, 0.25) is 0 Å². The highest BCUT2D eigenvalue weighted by atomic mass is 32.1. The van der Waals surface area contributed by atoms with Crippen LogP contribution in [-0.2, 0) is 19.0 Å². The van der Waals surface area contributed by atoms with E-state index in [1.54, 1.807) is 11.3 Å². The number of hydrogen-bond acceptors (Lipinski definition) is 5. The minimum atomic E-state index is 0.130. The normalized spacial score (nSPS) is 20.5. The van der Waals surface area contributed by atoms with Crippen LogP contribution >= 0.6 is 11.3 Å². The first-order valence-corrected chi connectivity index (χ1v) is 8.70. The van der Waals surface area contributed by atoms with Gasteiger partial charge in [0.1, 0.15) is 5.82 Å². The summed E-state index contributed by atoms with van der Waals surface area (Å²) in [7, 11) is 2.07. The summed E-state index contributed by atoms with van der Waals surface area (Å²) in [5, 5.41) is 6.90. The topological polar surface area (TPSA) is 46.0 Å². The minimum Gasteiger partial charge on any atom is -0.337 e. The number of piperazine rings is 1. The molecule has 1 aliphatic rings. The third kappa shape index (κ3) is 3.24. The van der Waals surface area contributed by atoms with E-state index >= 15 is 0 Å². The van der Waals surface area contributed by atoms with Crippen LogP contribution in [0, 0.1) is 0 Å². The van der Waals surface area contributed by atoms with Gasteiger partial charge >= 0.3 is 0 Å². The van der Waals surface area contributed by atoms with Crippen LogP contribution < -0.4 is 5.32 Å². The van der Waals surface area contributed by atoms with Crippen LogP contribution in [0.4, 0.5) is 0 Å². The van der Waals surface area contributed by atoms with Crippen LogP contribution in [0.1, 0.15) is 43.3 Å². The molecule has 1 aliphatic heterocycles. The maximum absolute atomic E-state index is 4.84. The summed E-state index contributed by atoms with van der Waals surface area (Å²) in [4.78, 5) is 11.9. The van der Waals surface area contributed by atoms with E-state index in [-0.39, 0.29) is 5.41 Å². The second kappa shape index (κ2) is 6.10. The molecule has 2 aromatic heterocycles. The molecule has 1 N–H and O–H groups in total. The highest BCUT2D eigenvalue weighted by Crippen LogP contribution is 2.28. The Labute approximate surface area is 136 Å². The maximum atomic E-state index is 4.84. The van der Waals surface area contributed by atoms with Crippen LogP contribution in [0.5, 0.6) is 0 Å². The minimum absolute atomic E-state index is 0.130. The van der Waals surface area contributed by atoms with Gasteiger partial charge in [0.25, 0.3) is 0 Å². The smallest absolute Gasteiger partial charge is 0.127 e. The number of rotatable bonds is 3. The lowest BCUT2D eigenvalue weighted by molar-refractivity contribution is 0.143.